The molecule has 0 radical (unpaired) electrons. The Labute approximate surface area is 150 Å². The van der Waals surface area contributed by atoms with Gasteiger partial charge in [-0.3, -0.25) is 9.78 Å². The number of aromatic nitrogens is 3. The van der Waals surface area contributed by atoms with Crippen LogP contribution in [0.2, 0.25) is 0 Å². The smallest absolute Gasteiger partial charge is 0.254 e. The van der Waals surface area contributed by atoms with E-state index < -0.39 is 0 Å². The van der Waals surface area contributed by atoms with Crippen LogP contribution in [-0.4, -0.2) is 27.4 Å². The van der Waals surface area contributed by atoms with Crippen molar-refractivity contribution < 1.29 is 9.18 Å². The number of carbonyl (C=O) groups excluding carboxylic acids is 1. The number of amides is 1. The predicted molar refractivity (Wildman–Crippen MR) is 96.0 cm³/mol. The van der Waals surface area contributed by atoms with E-state index in [9.17, 15) is 9.18 Å². The summed E-state index contributed by atoms with van der Waals surface area (Å²) in [5.74, 6) is -0.0509. The van der Waals surface area contributed by atoms with Crippen molar-refractivity contribution in [1.82, 2.24) is 20.3 Å². The lowest BCUT2D eigenvalue weighted by molar-refractivity contribution is 0.0950. The van der Waals surface area contributed by atoms with Crippen molar-refractivity contribution in [3.8, 4) is 0 Å². The second-order valence-electron chi connectivity index (χ2n) is 5.64. The molecule has 0 aliphatic rings. The quantitative estimate of drug-likeness (QED) is 0.684. The van der Waals surface area contributed by atoms with Gasteiger partial charge >= 0.3 is 0 Å². The average Bonchev–Trinajstić information content (AvgIpc) is 2.69. The Kier molecular flexibility index (Phi) is 5.82. The second-order valence-corrected chi connectivity index (χ2v) is 5.64. The minimum atomic E-state index is -0.248. The van der Waals surface area contributed by atoms with Crippen LogP contribution >= 0.6 is 0 Å². The zero-order valence-corrected chi connectivity index (χ0v) is 14.0. The van der Waals surface area contributed by atoms with Gasteiger partial charge in [-0.15, -0.1) is 0 Å². The maximum Gasteiger partial charge on any atom is 0.254 e. The highest BCUT2D eigenvalue weighted by Gasteiger charge is 2.07. The third kappa shape index (κ3) is 5.07. The molecular weight excluding hydrogens is 333 g/mol. The van der Waals surface area contributed by atoms with E-state index in [1.165, 1.54) is 24.5 Å². The molecule has 0 bridgehead atoms. The molecule has 6 nitrogen and oxygen atoms in total. The van der Waals surface area contributed by atoms with Gasteiger partial charge in [0.2, 0.25) is 5.95 Å². The maximum atomic E-state index is 12.9. The molecule has 0 atom stereocenters. The number of hydrogen-bond donors (Lipinski definition) is 2. The molecule has 2 heterocycles. The van der Waals surface area contributed by atoms with Crippen LogP contribution in [0.15, 0.2) is 61.2 Å². The average molecular weight is 351 g/mol. The summed E-state index contributed by atoms with van der Waals surface area (Å²) in [5.41, 5.74) is 2.32. The van der Waals surface area contributed by atoms with Gasteiger partial charge in [-0.2, -0.15) is 0 Å². The normalized spacial score (nSPS) is 10.3. The zero-order valence-electron chi connectivity index (χ0n) is 14.0. The Morgan fingerprint density at radius 1 is 1.00 bits per heavy atom. The molecule has 132 valence electrons. The predicted octanol–water partition coefficient (Wildman–Crippen LogP) is 2.60. The Morgan fingerprint density at radius 2 is 1.77 bits per heavy atom. The van der Waals surface area contributed by atoms with Crippen LogP contribution in [0.5, 0.6) is 0 Å². The SMILES string of the molecule is O=C(NCc1cccnc1)c1cnc(NCCc2ccc(F)cc2)nc1. The number of anilines is 1. The first-order valence-electron chi connectivity index (χ1n) is 8.18. The van der Waals surface area contributed by atoms with Crippen molar-refractivity contribution in [2.24, 2.45) is 0 Å². The highest BCUT2D eigenvalue weighted by Crippen LogP contribution is 2.05. The second kappa shape index (κ2) is 8.66. The molecule has 0 aliphatic heterocycles. The van der Waals surface area contributed by atoms with Gasteiger partial charge in [-0.1, -0.05) is 18.2 Å². The first kappa shape index (κ1) is 17.5. The summed E-state index contributed by atoms with van der Waals surface area (Å²) in [7, 11) is 0. The third-order valence-corrected chi connectivity index (χ3v) is 3.70. The summed E-state index contributed by atoms with van der Waals surface area (Å²) in [6.45, 7) is 1.00. The molecule has 0 saturated heterocycles. The van der Waals surface area contributed by atoms with Gasteiger partial charge < -0.3 is 10.6 Å². The van der Waals surface area contributed by atoms with Gasteiger partial charge in [0, 0.05) is 37.9 Å². The topological polar surface area (TPSA) is 79.8 Å². The molecule has 0 unspecified atom stereocenters. The van der Waals surface area contributed by atoms with E-state index in [-0.39, 0.29) is 11.7 Å². The Bertz CT molecular complexity index is 838. The fraction of sp³-hybridized carbons (Fsp3) is 0.158. The third-order valence-electron chi connectivity index (χ3n) is 3.70. The summed E-state index contributed by atoms with van der Waals surface area (Å²) in [5, 5.41) is 5.87. The largest absolute Gasteiger partial charge is 0.354 e. The standard InChI is InChI=1S/C19H18FN5O/c20-17-5-3-14(4-6-17)7-9-22-19-24-12-16(13-25-19)18(26)23-11-15-2-1-8-21-10-15/h1-6,8,10,12-13H,7,9,11H2,(H,23,26)(H,22,24,25). The number of benzene rings is 1. The molecule has 0 aliphatic carbocycles. The molecule has 0 spiro atoms. The lowest BCUT2D eigenvalue weighted by Crippen LogP contribution is -2.23. The monoisotopic (exact) mass is 351 g/mol. The molecule has 2 N–H and O–H groups in total. The van der Waals surface area contributed by atoms with E-state index in [4.69, 9.17) is 0 Å². The Morgan fingerprint density at radius 3 is 2.46 bits per heavy atom. The highest BCUT2D eigenvalue weighted by molar-refractivity contribution is 5.93. The highest BCUT2D eigenvalue weighted by atomic mass is 19.1. The fourth-order valence-corrected chi connectivity index (χ4v) is 2.29. The lowest BCUT2D eigenvalue weighted by atomic mass is 10.1. The van der Waals surface area contributed by atoms with E-state index in [0.29, 0.717) is 24.6 Å². The molecular formula is C19H18FN5O. The van der Waals surface area contributed by atoms with E-state index in [1.807, 2.05) is 12.1 Å². The summed E-state index contributed by atoms with van der Waals surface area (Å²) in [6.07, 6.45) is 7.06. The zero-order chi connectivity index (χ0) is 18.2. The van der Waals surface area contributed by atoms with E-state index in [2.05, 4.69) is 25.6 Å². The van der Waals surface area contributed by atoms with Crippen LogP contribution in [0.1, 0.15) is 21.5 Å². The summed E-state index contributed by atoms with van der Waals surface area (Å²) in [6, 6.07) is 10.1. The lowest BCUT2D eigenvalue weighted by Gasteiger charge is -2.07. The molecule has 26 heavy (non-hydrogen) atoms. The minimum absolute atomic E-state index is 0.244. The van der Waals surface area contributed by atoms with E-state index >= 15 is 0 Å². The number of carbonyl (C=O) groups is 1. The number of hydrogen-bond acceptors (Lipinski definition) is 5. The summed E-state index contributed by atoms with van der Waals surface area (Å²) < 4.78 is 12.9. The van der Waals surface area contributed by atoms with Crippen LogP contribution in [0.3, 0.4) is 0 Å². The number of nitrogens with one attached hydrogen (secondary N) is 2. The van der Waals surface area contributed by atoms with Crippen LogP contribution < -0.4 is 10.6 Å². The van der Waals surface area contributed by atoms with Crippen molar-refractivity contribution in [1.29, 1.82) is 0 Å². The molecule has 1 amide bonds. The van der Waals surface area contributed by atoms with Crippen molar-refractivity contribution in [2.75, 3.05) is 11.9 Å². The van der Waals surface area contributed by atoms with Crippen molar-refractivity contribution in [2.45, 2.75) is 13.0 Å². The summed E-state index contributed by atoms with van der Waals surface area (Å²) in [4.78, 5) is 24.4. The molecule has 0 fully saturated rings. The van der Waals surface area contributed by atoms with Gasteiger partial charge in [-0.05, 0) is 35.7 Å². The maximum absolute atomic E-state index is 12.9. The number of halogens is 1. The van der Waals surface area contributed by atoms with Gasteiger partial charge in [0.05, 0.1) is 5.56 Å². The van der Waals surface area contributed by atoms with Crippen molar-refractivity contribution >= 4 is 11.9 Å². The number of nitrogens with zero attached hydrogens (tertiary/aromatic N) is 3. The minimum Gasteiger partial charge on any atom is -0.354 e. The van der Waals surface area contributed by atoms with Gasteiger partial charge in [0.1, 0.15) is 5.82 Å². The molecule has 1 aromatic carbocycles. The van der Waals surface area contributed by atoms with Gasteiger partial charge in [0.15, 0.2) is 0 Å². The molecule has 2 aromatic heterocycles. The first-order chi connectivity index (χ1) is 12.7. The van der Waals surface area contributed by atoms with Gasteiger partial charge in [-0.25, -0.2) is 14.4 Å². The molecule has 0 saturated carbocycles. The van der Waals surface area contributed by atoms with Crippen molar-refractivity contribution in [3.63, 3.8) is 0 Å². The van der Waals surface area contributed by atoms with E-state index in [0.717, 1.165) is 17.5 Å². The Hall–Kier alpha value is -3.35. The fourth-order valence-electron chi connectivity index (χ4n) is 2.29. The van der Waals surface area contributed by atoms with Crippen LogP contribution in [0.25, 0.3) is 0 Å². The molecule has 3 rings (SSSR count). The van der Waals surface area contributed by atoms with Crippen LogP contribution in [0.4, 0.5) is 10.3 Å². The number of pyridine rings is 1. The van der Waals surface area contributed by atoms with Gasteiger partial charge in [0.25, 0.3) is 5.91 Å². The molecule has 7 heteroatoms. The first-order valence-corrected chi connectivity index (χ1v) is 8.18. The molecule has 3 aromatic rings. The number of rotatable bonds is 7. The Balaban J connectivity index is 1.46. The van der Waals surface area contributed by atoms with Crippen LogP contribution in [0, 0.1) is 5.82 Å². The summed E-state index contributed by atoms with van der Waals surface area (Å²) >= 11 is 0. The van der Waals surface area contributed by atoms with Crippen LogP contribution in [-0.2, 0) is 13.0 Å². The van der Waals surface area contributed by atoms with Crippen molar-refractivity contribution in [3.05, 3.63) is 83.7 Å². The van der Waals surface area contributed by atoms with E-state index in [1.54, 1.807) is 24.5 Å².